The lowest BCUT2D eigenvalue weighted by Gasteiger charge is -1.98. The fourth-order valence-corrected chi connectivity index (χ4v) is 2.06. The number of nitro groups is 1. The molecule has 3 rings (SSSR count). The third kappa shape index (κ3) is 2.67. The molecule has 0 aliphatic carbocycles. The van der Waals surface area contributed by atoms with Crippen molar-refractivity contribution in [3.05, 3.63) is 69.6 Å². The van der Waals surface area contributed by atoms with Crippen LogP contribution in [0.2, 0.25) is 0 Å². The zero-order valence-corrected chi connectivity index (χ0v) is 11.3. The maximum Gasteiger partial charge on any atom is 0.272 e. The number of fused-ring (bicyclic) bond motifs is 1. The van der Waals surface area contributed by atoms with E-state index in [0.29, 0.717) is 17.0 Å². The zero-order chi connectivity index (χ0) is 14.8. The van der Waals surface area contributed by atoms with E-state index >= 15 is 0 Å². The first-order valence-electron chi connectivity index (χ1n) is 6.42. The van der Waals surface area contributed by atoms with Crippen LogP contribution in [0, 0.1) is 17.0 Å². The van der Waals surface area contributed by atoms with E-state index in [0.717, 1.165) is 11.1 Å². The van der Waals surface area contributed by atoms with Gasteiger partial charge in [-0.1, -0.05) is 24.3 Å². The van der Waals surface area contributed by atoms with E-state index in [1.54, 1.807) is 25.1 Å². The molecule has 0 fully saturated rings. The van der Waals surface area contributed by atoms with E-state index in [1.165, 1.54) is 6.07 Å². The highest BCUT2D eigenvalue weighted by atomic mass is 16.6. The lowest BCUT2D eigenvalue weighted by molar-refractivity contribution is -0.385. The van der Waals surface area contributed by atoms with Gasteiger partial charge in [0.25, 0.3) is 5.69 Å². The van der Waals surface area contributed by atoms with Crippen LogP contribution in [0.1, 0.15) is 17.0 Å². The highest BCUT2D eigenvalue weighted by molar-refractivity contribution is 5.76. The molecule has 1 heterocycles. The Morgan fingerprint density at radius 3 is 2.76 bits per heavy atom. The summed E-state index contributed by atoms with van der Waals surface area (Å²) in [5.74, 6) is 0.472. The molecule has 0 bridgehead atoms. The summed E-state index contributed by atoms with van der Waals surface area (Å²) in [6, 6.07) is 12.6. The van der Waals surface area contributed by atoms with Crippen molar-refractivity contribution >= 4 is 28.9 Å². The van der Waals surface area contributed by atoms with Crippen LogP contribution < -0.4 is 0 Å². The maximum atomic E-state index is 10.9. The van der Waals surface area contributed by atoms with Crippen molar-refractivity contribution in [3.8, 4) is 0 Å². The van der Waals surface area contributed by atoms with Gasteiger partial charge in [0.05, 0.1) is 4.92 Å². The molecule has 0 unspecified atom stereocenters. The summed E-state index contributed by atoms with van der Waals surface area (Å²) in [4.78, 5) is 14.8. The smallest absolute Gasteiger partial charge is 0.272 e. The second-order valence-corrected chi connectivity index (χ2v) is 4.66. The van der Waals surface area contributed by atoms with Gasteiger partial charge in [-0.25, -0.2) is 4.98 Å². The van der Waals surface area contributed by atoms with Gasteiger partial charge in [-0.15, -0.1) is 0 Å². The van der Waals surface area contributed by atoms with Crippen molar-refractivity contribution in [2.24, 2.45) is 0 Å². The molecule has 3 aromatic rings. The normalized spacial score (nSPS) is 11.3. The molecular formula is C16H12N2O3. The van der Waals surface area contributed by atoms with Crippen LogP contribution in [0.15, 0.2) is 46.9 Å². The van der Waals surface area contributed by atoms with E-state index in [-0.39, 0.29) is 10.6 Å². The molecule has 0 atom stereocenters. The molecule has 0 spiro atoms. The van der Waals surface area contributed by atoms with Gasteiger partial charge >= 0.3 is 0 Å². The van der Waals surface area contributed by atoms with Crippen molar-refractivity contribution < 1.29 is 9.34 Å². The number of nitrogens with zero attached hydrogens (tertiary/aromatic N) is 2. The molecule has 0 N–H and O–H groups in total. The molecule has 104 valence electrons. The first-order chi connectivity index (χ1) is 10.1. The van der Waals surface area contributed by atoms with Gasteiger partial charge in [-0.05, 0) is 30.7 Å². The molecule has 21 heavy (non-hydrogen) atoms. The van der Waals surface area contributed by atoms with Gasteiger partial charge in [0.15, 0.2) is 5.58 Å². The van der Waals surface area contributed by atoms with Gasteiger partial charge in [0.2, 0.25) is 5.89 Å². The number of hydrogen-bond acceptors (Lipinski definition) is 4. The van der Waals surface area contributed by atoms with E-state index in [1.807, 2.05) is 30.3 Å². The summed E-state index contributed by atoms with van der Waals surface area (Å²) in [6.07, 6.45) is 3.45. The molecule has 0 radical (unpaired) electrons. The molecule has 0 aliphatic heterocycles. The average Bonchev–Trinajstić information content (AvgIpc) is 2.89. The molecule has 5 nitrogen and oxygen atoms in total. The monoisotopic (exact) mass is 280 g/mol. The van der Waals surface area contributed by atoms with Gasteiger partial charge in [0, 0.05) is 17.7 Å². The topological polar surface area (TPSA) is 69.2 Å². The van der Waals surface area contributed by atoms with Crippen LogP contribution >= 0.6 is 0 Å². The summed E-state index contributed by atoms with van der Waals surface area (Å²) in [5, 5.41) is 10.9. The van der Waals surface area contributed by atoms with E-state index < -0.39 is 0 Å². The minimum absolute atomic E-state index is 0.106. The Hall–Kier alpha value is -2.95. The zero-order valence-electron chi connectivity index (χ0n) is 11.3. The molecule has 0 saturated carbocycles. The first-order valence-corrected chi connectivity index (χ1v) is 6.42. The van der Waals surface area contributed by atoms with Crippen molar-refractivity contribution in [2.45, 2.75) is 6.92 Å². The Labute approximate surface area is 120 Å². The third-order valence-corrected chi connectivity index (χ3v) is 3.16. The number of oxazole rings is 1. The molecule has 0 aliphatic rings. The van der Waals surface area contributed by atoms with Gasteiger partial charge in [-0.2, -0.15) is 0 Å². The number of aromatic nitrogens is 1. The number of nitro benzene ring substituents is 1. The number of aryl methyl sites for hydroxylation is 1. The fraction of sp³-hybridized carbons (Fsp3) is 0.0625. The quantitative estimate of drug-likeness (QED) is 0.532. The van der Waals surface area contributed by atoms with E-state index in [2.05, 4.69) is 4.98 Å². The molecule has 0 amide bonds. The Morgan fingerprint density at radius 1 is 1.19 bits per heavy atom. The highest BCUT2D eigenvalue weighted by Crippen LogP contribution is 2.21. The fourth-order valence-electron chi connectivity index (χ4n) is 2.06. The van der Waals surface area contributed by atoms with Crippen molar-refractivity contribution in [1.29, 1.82) is 0 Å². The largest absolute Gasteiger partial charge is 0.437 e. The Morgan fingerprint density at radius 2 is 2.00 bits per heavy atom. The van der Waals surface area contributed by atoms with Gasteiger partial charge < -0.3 is 4.42 Å². The molecule has 0 saturated heterocycles. The summed E-state index contributed by atoms with van der Waals surface area (Å²) >= 11 is 0. The van der Waals surface area contributed by atoms with Crippen LogP contribution in [0.4, 0.5) is 5.69 Å². The minimum atomic E-state index is -0.383. The van der Waals surface area contributed by atoms with Crippen molar-refractivity contribution in [3.63, 3.8) is 0 Å². The number of para-hydroxylation sites is 2. The van der Waals surface area contributed by atoms with Crippen LogP contribution in [0.5, 0.6) is 0 Å². The average molecular weight is 280 g/mol. The summed E-state index contributed by atoms with van der Waals surface area (Å²) in [5.41, 5.74) is 2.97. The van der Waals surface area contributed by atoms with Crippen molar-refractivity contribution in [1.82, 2.24) is 4.98 Å². The SMILES string of the molecule is Cc1ccc(/C=C/c2nc3ccccc3o2)cc1[N+](=O)[O-]. The second kappa shape index (κ2) is 5.20. The predicted octanol–water partition coefficient (Wildman–Crippen LogP) is 4.21. The molecule has 1 aromatic heterocycles. The minimum Gasteiger partial charge on any atom is -0.437 e. The summed E-state index contributed by atoms with van der Waals surface area (Å²) in [6.45, 7) is 1.71. The van der Waals surface area contributed by atoms with Crippen molar-refractivity contribution in [2.75, 3.05) is 0 Å². The standard InChI is InChI=1S/C16H12N2O3/c1-11-6-7-12(10-14(11)18(19)20)8-9-16-17-13-4-2-3-5-15(13)21-16/h2-10H,1H3/b9-8+. The lowest BCUT2D eigenvalue weighted by atomic mass is 10.1. The van der Waals surface area contributed by atoms with E-state index in [9.17, 15) is 10.1 Å². The number of benzene rings is 2. The van der Waals surface area contributed by atoms with Gasteiger partial charge in [0.1, 0.15) is 5.52 Å². The molecular weight excluding hydrogens is 268 g/mol. The number of hydrogen-bond donors (Lipinski definition) is 0. The summed E-state index contributed by atoms with van der Waals surface area (Å²) in [7, 11) is 0. The first kappa shape index (κ1) is 13.1. The highest BCUT2D eigenvalue weighted by Gasteiger charge is 2.09. The van der Waals surface area contributed by atoms with Crippen LogP contribution in [0.25, 0.3) is 23.3 Å². The van der Waals surface area contributed by atoms with Crippen LogP contribution in [-0.2, 0) is 0 Å². The Kier molecular flexibility index (Phi) is 3.23. The summed E-state index contributed by atoms with van der Waals surface area (Å²) < 4.78 is 5.56. The maximum absolute atomic E-state index is 10.9. The molecule has 5 heteroatoms. The molecule has 2 aromatic carbocycles. The Balaban J connectivity index is 1.92. The van der Waals surface area contributed by atoms with Crippen LogP contribution in [0.3, 0.4) is 0 Å². The second-order valence-electron chi connectivity index (χ2n) is 4.66. The third-order valence-electron chi connectivity index (χ3n) is 3.16. The Bertz CT molecular complexity index is 817. The lowest BCUT2D eigenvalue weighted by Crippen LogP contribution is -1.91. The van der Waals surface area contributed by atoms with Gasteiger partial charge in [-0.3, -0.25) is 10.1 Å². The van der Waals surface area contributed by atoms with Crippen LogP contribution in [-0.4, -0.2) is 9.91 Å². The van der Waals surface area contributed by atoms with E-state index in [4.69, 9.17) is 4.42 Å². The number of rotatable bonds is 3. The predicted molar refractivity (Wildman–Crippen MR) is 80.8 cm³/mol.